The van der Waals surface area contributed by atoms with Gasteiger partial charge in [0.05, 0.1) is 19.3 Å². The number of hydrogen-bond acceptors (Lipinski definition) is 6. The Morgan fingerprint density at radius 1 is 1.24 bits per heavy atom. The van der Waals surface area contributed by atoms with Gasteiger partial charge in [-0.25, -0.2) is 5.06 Å². The van der Waals surface area contributed by atoms with E-state index in [0.717, 1.165) is 22.3 Å². The third-order valence-electron chi connectivity index (χ3n) is 4.71. The van der Waals surface area contributed by atoms with Gasteiger partial charge in [0, 0.05) is 11.3 Å². The summed E-state index contributed by atoms with van der Waals surface area (Å²) in [4.78, 5) is 10.6. The van der Waals surface area contributed by atoms with Crippen LogP contribution in [0.5, 0.6) is 0 Å². The second kappa shape index (κ2) is 6.59. The number of hydrogen-bond donors (Lipinski definition) is 1. The molecule has 2 aliphatic rings. The van der Waals surface area contributed by atoms with E-state index in [1.165, 1.54) is 11.1 Å². The first-order valence-electron chi connectivity index (χ1n) is 8.21. The molecule has 2 heterocycles. The lowest BCUT2D eigenvalue weighted by molar-refractivity contribution is 0.145. The van der Waals surface area contributed by atoms with Crippen LogP contribution in [0.3, 0.4) is 0 Å². The van der Waals surface area contributed by atoms with Crippen LogP contribution in [0.1, 0.15) is 11.1 Å². The second-order valence-electron chi connectivity index (χ2n) is 6.22. The Labute approximate surface area is 157 Å². The molecule has 25 heavy (non-hydrogen) atoms. The van der Waals surface area contributed by atoms with Gasteiger partial charge in [0.2, 0.25) is 0 Å². The molecule has 4 rings (SSSR count). The summed E-state index contributed by atoms with van der Waals surface area (Å²) >= 11 is 3.55. The van der Waals surface area contributed by atoms with Crippen molar-refractivity contribution in [3.63, 3.8) is 0 Å². The molecule has 2 aromatic rings. The van der Waals surface area contributed by atoms with Gasteiger partial charge in [0.1, 0.15) is 15.3 Å². The second-order valence-corrected chi connectivity index (χ2v) is 8.59. The van der Waals surface area contributed by atoms with Crippen LogP contribution < -0.4 is 10.4 Å². The van der Waals surface area contributed by atoms with Gasteiger partial charge < -0.3 is 5.32 Å². The average molecular weight is 372 g/mol. The molecule has 2 aromatic carbocycles. The molecule has 0 aliphatic carbocycles. The number of nitrogens with zero attached hydrogens (tertiary/aromatic N) is 2. The van der Waals surface area contributed by atoms with Crippen LogP contribution in [0.2, 0.25) is 0 Å². The maximum absolute atomic E-state index is 5.80. The van der Waals surface area contributed by atoms with Crippen molar-refractivity contribution in [2.45, 2.75) is 17.8 Å². The minimum absolute atomic E-state index is 0.0315. The van der Waals surface area contributed by atoms with E-state index in [-0.39, 0.29) is 10.9 Å². The molecule has 0 saturated carbocycles. The lowest BCUT2D eigenvalue weighted by atomic mass is 9.97. The maximum atomic E-state index is 5.80. The molecule has 2 aliphatic heterocycles. The summed E-state index contributed by atoms with van der Waals surface area (Å²) < 4.78 is 0.944. The molecule has 2 atom stereocenters. The summed E-state index contributed by atoms with van der Waals surface area (Å²) in [5.74, 6) is 0. The largest absolute Gasteiger partial charge is 0.362 e. The minimum atomic E-state index is -0.185. The highest BCUT2D eigenvalue weighted by Crippen LogP contribution is 2.56. The quantitative estimate of drug-likeness (QED) is 0.861. The predicted octanol–water partition coefficient (Wildman–Crippen LogP) is 4.48. The number of thioether (sulfide) groups is 2. The number of rotatable bonds is 3. The fourth-order valence-corrected chi connectivity index (χ4v) is 5.57. The van der Waals surface area contributed by atoms with E-state index in [9.17, 15) is 0 Å². The topological polar surface area (TPSA) is 36.9 Å². The van der Waals surface area contributed by atoms with Crippen LogP contribution in [0, 0.1) is 6.92 Å². The molecule has 0 unspecified atom stereocenters. The minimum Gasteiger partial charge on any atom is -0.362 e. The summed E-state index contributed by atoms with van der Waals surface area (Å²) in [6.07, 6.45) is 2.05. The van der Waals surface area contributed by atoms with Gasteiger partial charge in [-0.15, -0.1) is 11.8 Å². The van der Waals surface area contributed by atoms with Crippen molar-refractivity contribution >= 4 is 39.3 Å². The van der Waals surface area contributed by atoms with E-state index in [1.807, 2.05) is 16.8 Å². The number of aliphatic imine (C=N–C) groups is 1. The number of hydroxylamine groups is 1. The molecule has 130 valence electrons. The molecule has 0 amide bonds. The Bertz CT molecular complexity index is 809. The molecule has 1 spiro atoms. The molecule has 0 aromatic heterocycles. The third-order valence-corrected chi connectivity index (χ3v) is 7.18. The van der Waals surface area contributed by atoms with Crippen LogP contribution in [0.4, 0.5) is 11.4 Å². The molecular formula is C19H21N3OS2. The fraction of sp³-hybridized carbons (Fsp3) is 0.316. The first-order valence-corrected chi connectivity index (χ1v) is 10.3. The van der Waals surface area contributed by atoms with Gasteiger partial charge in [-0.05, 0) is 31.4 Å². The molecule has 0 fully saturated rings. The lowest BCUT2D eigenvalue weighted by Crippen LogP contribution is -2.48. The Morgan fingerprint density at radius 2 is 2.00 bits per heavy atom. The van der Waals surface area contributed by atoms with E-state index >= 15 is 0 Å². The monoisotopic (exact) mass is 371 g/mol. The van der Waals surface area contributed by atoms with Gasteiger partial charge in [0.25, 0.3) is 0 Å². The molecule has 0 saturated heterocycles. The first-order chi connectivity index (χ1) is 12.2. The van der Waals surface area contributed by atoms with Gasteiger partial charge in [-0.3, -0.25) is 9.83 Å². The number of para-hydroxylation sites is 1. The van der Waals surface area contributed by atoms with E-state index < -0.39 is 0 Å². The van der Waals surface area contributed by atoms with Crippen molar-refractivity contribution in [1.29, 1.82) is 0 Å². The zero-order valence-electron chi connectivity index (χ0n) is 14.5. The standard InChI is InChI=1S/C19H21N3OS2/c1-13-8-10-14(11-9-13)21-17-19(12-20-18(24-3)25-19)15-6-4-5-7-16(15)22(17)23-2/h4-11,17,21H,12H2,1-3H3/t17-,19+/m1/s1. The molecule has 6 heteroatoms. The van der Waals surface area contributed by atoms with Crippen molar-refractivity contribution in [2.75, 3.05) is 30.3 Å². The average Bonchev–Trinajstić information content (AvgIpc) is 3.18. The van der Waals surface area contributed by atoms with Crippen LogP contribution in [0.25, 0.3) is 0 Å². The van der Waals surface area contributed by atoms with Gasteiger partial charge in [-0.2, -0.15) is 0 Å². The first kappa shape index (κ1) is 16.8. The molecule has 0 bridgehead atoms. The van der Waals surface area contributed by atoms with E-state index in [1.54, 1.807) is 18.9 Å². The summed E-state index contributed by atoms with van der Waals surface area (Å²) in [5, 5.41) is 5.68. The van der Waals surface area contributed by atoms with Crippen LogP contribution in [-0.2, 0) is 9.58 Å². The van der Waals surface area contributed by atoms with Gasteiger partial charge >= 0.3 is 0 Å². The Balaban J connectivity index is 1.76. The number of anilines is 2. The highest BCUT2D eigenvalue weighted by Gasteiger charge is 2.55. The van der Waals surface area contributed by atoms with Crippen molar-refractivity contribution in [2.24, 2.45) is 4.99 Å². The fourth-order valence-electron chi connectivity index (χ4n) is 3.48. The maximum Gasteiger partial charge on any atom is 0.146 e. The van der Waals surface area contributed by atoms with Crippen LogP contribution >= 0.6 is 23.5 Å². The van der Waals surface area contributed by atoms with Crippen LogP contribution in [-0.4, -0.2) is 30.5 Å². The summed E-state index contributed by atoms with van der Waals surface area (Å²) in [7, 11) is 1.73. The lowest BCUT2D eigenvalue weighted by Gasteiger charge is -2.35. The van der Waals surface area contributed by atoms with Crippen molar-refractivity contribution in [1.82, 2.24) is 0 Å². The number of nitrogens with one attached hydrogen (secondary N) is 1. The van der Waals surface area contributed by atoms with E-state index in [2.05, 4.69) is 67.0 Å². The molecule has 4 nitrogen and oxygen atoms in total. The highest BCUT2D eigenvalue weighted by atomic mass is 32.2. The summed E-state index contributed by atoms with van der Waals surface area (Å²) in [6, 6.07) is 17.0. The number of benzene rings is 2. The summed E-state index contributed by atoms with van der Waals surface area (Å²) in [6.45, 7) is 2.85. The van der Waals surface area contributed by atoms with Crippen molar-refractivity contribution in [3.05, 3.63) is 59.7 Å². The number of aryl methyl sites for hydroxylation is 1. The predicted molar refractivity (Wildman–Crippen MR) is 110 cm³/mol. The summed E-state index contributed by atoms with van der Waals surface area (Å²) in [5.41, 5.74) is 4.73. The zero-order valence-corrected chi connectivity index (χ0v) is 16.2. The SMILES string of the molecule is CON1c2ccccc2[C@@]2(CN=C(SC)S2)[C@@H]1Nc1ccc(C)cc1. The van der Waals surface area contributed by atoms with Crippen LogP contribution in [0.15, 0.2) is 53.5 Å². The van der Waals surface area contributed by atoms with Gasteiger partial charge in [-0.1, -0.05) is 47.7 Å². The Hall–Kier alpha value is -1.63. The number of fused-ring (bicyclic) bond motifs is 2. The normalized spacial score (nSPS) is 24.5. The Morgan fingerprint density at radius 3 is 2.68 bits per heavy atom. The van der Waals surface area contributed by atoms with E-state index in [0.29, 0.717) is 0 Å². The van der Waals surface area contributed by atoms with Gasteiger partial charge in [0.15, 0.2) is 0 Å². The Kier molecular flexibility index (Phi) is 4.43. The van der Waals surface area contributed by atoms with Crippen molar-refractivity contribution in [3.8, 4) is 0 Å². The third kappa shape index (κ3) is 2.72. The van der Waals surface area contributed by atoms with Crippen molar-refractivity contribution < 1.29 is 4.84 Å². The van der Waals surface area contributed by atoms with E-state index in [4.69, 9.17) is 9.83 Å². The smallest absolute Gasteiger partial charge is 0.146 e. The zero-order chi connectivity index (χ0) is 17.4. The highest BCUT2D eigenvalue weighted by molar-refractivity contribution is 8.39. The molecule has 0 radical (unpaired) electrons. The molecule has 1 N–H and O–H groups in total. The molecular weight excluding hydrogens is 350 g/mol.